The number of amides is 2. The van der Waals surface area contributed by atoms with Gasteiger partial charge in [0.05, 0.1) is 28.8 Å². The summed E-state index contributed by atoms with van der Waals surface area (Å²) in [5.41, 5.74) is 0.779. The number of nitrogens with one attached hydrogen (secondary N) is 1. The Morgan fingerprint density at radius 2 is 2.23 bits per heavy atom. The number of nitrogens with zero attached hydrogens (tertiary/aromatic N) is 1. The SMILES string of the molecule is Cc1cc(NC(=O)c2ccco2)sc1C(=O)N(C)C(C)CO. The number of furan rings is 1. The maximum atomic E-state index is 12.4. The average Bonchev–Trinajstić information content (AvgIpc) is 3.14. The molecule has 6 nitrogen and oxygen atoms in total. The van der Waals surface area contributed by atoms with Gasteiger partial charge < -0.3 is 19.7 Å². The summed E-state index contributed by atoms with van der Waals surface area (Å²) in [6, 6.07) is 4.68. The van der Waals surface area contributed by atoms with Crippen LogP contribution in [0.15, 0.2) is 28.9 Å². The summed E-state index contributed by atoms with van der Waals surface area (Å²) in [5.74, 6) is -0.324. The van der Waals surface area contributed by atoms with Crippen molar-refractivity contribution < 1.29 is 19.1 Å². The van der Waals surface area contributed by atoms with Crippen LogP contribution >= 0.6 is 11.3 Å². The van der Waals surface area contributed by atoms with Gasteiger partial charge in [-0.3, -0.25) is 9.59 Å². The highest BCUT2D eigenvalue weighted by Crippen LogP contribution is 2.28. The Morgan fingerprint density at radius 3 is 2.82 bits per heavy atom. The van der Waals surface area contributed by atoms with Crippen molar-refractivity contribution in [1.29, 1.82) is 0 Å². The van der Waals surface area contributed by atoms with E-state index < -0.39 is 0 Å². The molecule has 0 aliphatic rings. The summed E-state index contributed by atoms with van der Waals surface area (Å²) >= 11 is 1.20. The van der Waals surface area contributed by atoms with Crippen molar-refractivity contribution in [2.24, 2.45) is 0 Å². The van der Waals surface area contributed by atoms with Crippen LogP contribution in [0, 0.1) is 6.92 Å². The van der Waals surface area contributed by atoms with Crippen LogP contribution in [0.1, 0.15) is 32.7 Å². The summed E-state index contributed by atoms with van der Waals surface area (Å²) in [6.07, 6.45) is 1.43. The molecule has 2 rings (SSSR count). The first kappa shape index (κ1) is 16.3. The fourth-order valence-electron chi connectivity index (χ4n) is 1.82. The lowest BCUT2D eigenvalue weighted by molar-refractivity contribution is 0.0686. The van der Waals surface area contributed by atoms with E-state index in [0.717, 1.165) is 5.56 Å². The zero-order valence-corrected chi connectivity index (χ0v) is 13.4. The summed E-state index contributed by atoms with van der Waals surface area (Å²) in [6.45, 7) is 3.47. The summed E-state index contributed by atoms with van der Waals surface area (Å²) in [4.78, 5) is 26.3. The van der Waals surface area contributed by atoms with Crippen molar-refractivity contribution in [1.82, 2.24) is 4.90 Å². The molecule has 118 valence electrons. The van der Waals surface area contributed by atoms with Crippen LogP contribution < -0.4 is 5.32 Å². The van der Waals surface area contributed by atoms with Gasteiger partial charge in [-0.15, -0.1) is 11.3 Å². The van der Waals surface area contributed by atoms with Gasteiger partial charge in [0.2, 0.25) is 0 Å². The van der Waals surface area contributed by atoms with Crippen molar-refractivity contribution in [3.8, 4) is 0 Å². The number of anilines is 1. The Morgan fingerprint density at radius 1 is 1.50 bits per heavy atom. The van der Waals surface area contributed by atoms with Gasteiger partial charge in [0.1, 0.15) is 0 Å². The topological polar surface area (TPSA) is 82.8 Å². The van der Waals surface area contributed by atoms with E-state index in [-0.39, 0.29) is 30.2 Å². The Balaban J connectivity index is 2.14. The van der Waals surface area contributed by atoms with Crippen LogP contribution in [0.4, 0.5) is 5.00 Å². The first-order valence-corrected chi connectivity index (χ1v) is 7.59. The molecule has 0 saturated heterocycles. The van der Waals surface area contributed by atoms with Gasteiger partial charge in [-0.2, -0.15) is 0 Å². The van der Waals surface area contributed by atoms with E-state index in [1.165, 1.54) is 22.5 Å². The second-order valence-electron chi connectivity index (χ2n) is 5.00. The van der Waals surface area contributed by atoms with Gasteiger partial charge in [-0.1, -0.05) is 0 Å². The molecule has 7 heteroatoms. The number of hydrogen-bond acceptors (Lipinski definition) is 5. The minimum absolute atomic E-state index is 0.102. The third-order valence-electron chi connectivity index (χ3n) is 3.34. The molecule has 0 spiro atoms. The van der Waals surface area contributed by atoms with Gasteiger partial charge in [0, 0.05) is 7.05 Å². The number of aryl methyl sites for hydroxylation is 1. The molecule has 0 saturated carbocycles. The maximum absolute atomic E-state index is 12.4. The van der Waals surface area contributed by atoms with Crippen molar-refractivity contribution in [2.45, 2.75) is 19.9 Å². The third-order valence-corrected chi connectivity index (χ3v) is 4.48. The molecule has 2 aromatic heterocycles. The number of hydrogen-bond donors (Lipinski definition) is 2. The minimum Gasteiger partial charge on any atom is -0.459 e. The van der Waals surface area contributed by atoms with E-state index in [1.807, 2.05) is 6.92 Å². The molecule has 1 atom stereocenters. The number of rotatable bonds is 5. The Hall–Kier alpha value is -2.12. The number of carbonyl (C=O) groups excluding carboxylic acids is 2. The van der Waals surface area contributed by atoms with Gasteiger partial charge in [0.15, 0.2) is 5.76 Å². The monoisotopic (exact) mass is 322 g/mol. The van der Waals surface area contributed by atoms with E-state index in [1.54, 1.807) is 32.2 Å². The summed E-state index contributed by atoms with van der Waals surface area (Å²) in [5, 5.41) is 12.4. The molecule has 0 bridgehead atoms. The molecule has 2 amide bonds. The molecule has 0 fully saturated rings. The Labute approximate surface area is 132 Å². The smallest absolute Gasteiger partial charge is 0.291 e. The zero-order chi connectivity index (χ0) is 16.3. The van der Waals surface area contributed by atoms with Gasteiger partial charge in [-0.05, 0) is 37.6 Å². The zero-order valence-electron chi connectivity index (χ0n) is 12.6. The van der Waals surface area contributed by atoms with Gasteiger partial charge in [0.25, 0.3) is 11.8 Å². The average molecular weight is 322 g/mol. The molecule has 22 heavy (non-hydrogen) atoms. The fraction of sp³-hybridized carbons (Fsp3) is 0.333. The second-order valence-corrected chi connectivity index (χ2v) is 6.05. The molecule has 0 aliphatic heterocycles. The fourth-order valence-corrected chi connectivity index (χ4v) is 2.87. The lowest BCUT2D eigenvalue weighted by atomic mass is 10.2. The van der Waals surface area contributed by atoms with Crippen LogP contribution in [0.2, 0.25) is 0 Å². The van der Waals surface area contributed by atoms with Crippen LogP contribution in [0.25, 0.3) is 0 Å². The molecule has 0 aliphatic carbocycles. The van der Waals surface area contributed by atoms with Crippen molar-refractivity contribution in [2.75, 3.05) is 19.0 Å². The highest BCUT2D eigenvalue weighted by atomic mass is 32.1. The Kier molecular flexibility index (Phi) is 4.99. The molecular formula is C15H18N2O4S. The standard InChI is InChI=1S/C15H18N2O4S/c1-9-7-12(16-14(19)11-5-4-6-21-11)22-13(9)15(20)17(3)10(2)8-18/h4-7,10,18H,8H2,1-3H3,(H,16,19). The third kappa shape index (κ3) is 3.37. The Bertz CT molecular complexity index is 663. The first-order valence-electron chi connectivity index (χ1n) is 6.77. The first-order chi connectivity index (χ1) is 10.4. The molecule has 1 unspecified atom stereocenters. The predicted molar refractivity (Wildman–Crippen MR) is 84.4 cm³/mol. The highest BCUT2D eigenvalue weighted by molar-refractivity contribution is 7.18. The molecule has 2 heterocycles. The molecule has 2 aromatic rings. The van der Waals surface area contributed by atoms with Crippen LogP contribution in [-0.2, 0) is 0 Å². The van der Waals surface area contributed by atoms with Crippen LogP contribution in [0.5, 0.6) is 0 Å². The number of carbonyl (C=O) groups is 2. The maximum Gasteiger partial charge on any atom is 0.291 e. The molecule has 0 radical (unpaired) electrons. The minimum atomic E-state index is -0.359. The van der Waals surface area contributed by atoms with Crippen LogP contribution in [-0.4, -0.2) is 41.5 Å². The predicted octanol–water partition coefficient (Wildman–Crippen LogP) is 2.35. The lowest BCUT2D eigenvalue weighted by Gasteiger charge is -2.22. The summed E-state index contributed by atoms with van der Waals surface area (Å²) < 4.78 is 5.03. The van der Waals surface area contributed by atoms with E-state index in [0.29, 0.717) is 9.88 Å². The normalized spacial score (nSPS) is 12.0. The number of thiophene rings is 1. The van der Waals surface area contributed by atoms with Crippen molar-refractivity contribution in [3.05, 3.63) is 40.7 Å². The van der Waals surface area contributed by atoms with Gasteiger partial charge in [-0.25, -0.2) is 0 Å². The van der Waals surface area contributed by atoms with E-state index in [4.69, 9.17) is 9.52 Å². The highest BCUT2D eigenvalue weighted by Gasteiger charge is 2.22. The largest absolute Gasteiger partial charge is 0.459 e. The lowest BCUT2D eigenvalue weighted by Crippen LogP contribution is -2.37. The second kappa shape index (κ2) is 6.76. The molecule has 2 N–H and O–H groups in total. The van der Waals surface area contributed by atoms with Crippen molar-refractivity contribution in [3.63, 3.8) is 0 Å². The van der Waals surface area contributed by atoms with E-state index in [2.05, 4.69) is 5.32 Å². The van der Waals surface area contributed by atoms with Gasteiger partial charge >= 0.3 is 0 Å². The molecular weight excluding hydrogens is 304 g/mol. The quantitative estimate of drug-likeness (QED) is 0.885. The van der Waals surface area contributed by atoms with Crippen molar-refractivity contribution >= 4 is 28.2 Å². The molecule has 0 aromatic carbocycles. The van der Waals surface area contributed by atoms with Crippen LogP contribution in [0.3, 0.4) is 0 Å². The summed E-state index contributed by atoms with van der Waals surface area (Å²) in [7, 11) is 1.64. The number of likely N-dealkylation sites (N-methyl/N-ethyl adjacent to an activating group) is 1. The van der Waals surface area contributed by atoms with E-state index in [9.17, 15) is 9.59 Å². The number of aliphatic hydroxyl groups is 1. The number of aliphatic hydroxyl groups excluding tert-OH is 1. The van der Waals surface area contributed by atoms with E-state index >= 15 is 0 Å².